The minimum absolute atomic E-state index is 0.663. The summed E-state index contributed by atoms with van der Waals surface area (Å²) in [5, 5.41) is 1.07. The first-order chi connectivity index (χ1) is 6.83. The lowest BCUT2D eigenvalue weighted by molar-refractivity contribution is 0.112. The average Bonchev–Trinajstić information content (AvgIpc) is 2.60. The molecule has 0 unspecified atom stereocenters. The number of carbonyl (C=O) groups excluding carboxylic acids is 1. The molecule has 14 heavy (non-hydrogen) atoms. The Balaban J connectivity index is 2.48. The van der Waals surface area contributed by atoms with Crippen LogP contribution < -0.4 is 4.74 Å². The number of aldehydes is 1. The van der Waals surface area contributed by atoms with Crippen molar-refractivity contribution in [1.29, 1.82) is 0 Å². The van der Waals surface area contributed by atoms with E-state index < -0.39 is 0 Å². The predicted molar refractivity (Wildman–Crippen MR) is 58.4 cm³/mol. The second-order valence-electron chi connectivity index (χ2n) is 2.90. The Labute approximate surface area is 86.1 Å². The van der Waals surface area contributed by atoms with Crippen LogP contribution in [0.2, 0.25) is 0 Å². The molecule has 0 spiro atoms. The third kappa shape index (κ3) is 1.63. The summed E-state index contributed by atoms with van der Waals surface area (Å²) in [5.74, 6) is 0.857. The molecule has 2 nitrogen and oxygen atoms in total. The van der Waals surface area contributed by atoms with Gasteiger partial charge in [0, 0.05) is 4.70 Å². The lowest BCUT2D eigenvalue weighted by atomic mass is 10.2. The maximum absolute atomic E-state index is 10.6. The highest BCUT2D eigenvalue weighted by atomic mass is 32.1. The molecule has 0 atom stereocenters. The average molecular weight is 206 g/mol. The van der Waals surface area contributed by atoms with Gasteiger partial charge in [0.05, 0.1) is 11.5 Å². The van der Waals surface area contributed by atoms with Gasteiger partial charge in [0.2, 0.25) is 0 Å². The summed E-state index contributed by atoms with van der Waals surface area (Å²) in [6.07, 6.45) is 0.880. The molecule has 0 aliphatic rings. The Morgan fingerprint density at radius 3 is 3.00 bits per heavy atom. The number of benzene rings is 1. The number of fused-ring (bicyclic) bond motifs is 1. The molecule has 3 heteroatoms. The van der Waals surface area contributed by atoms with E-state index in [0.29, 0.717) is 6.61 Å². The Bertz CT molecular complexity index is 459. The molecule has 2 rings (SSSR count). The normalized spacial score (nSPS) is 10.4. The number of hydrogen-bond donors (Lipinski definition) is 0. The Morgan fingerprint density at radius 2 is 2.29 bits per heavy atom. The van der Waals surface area contributed by atoms with Crippen LogP contribution in [0.5, 0.6) is 5.75 Å². The smallest absolute Gasteiger partial charge is 0.160 e. The molecule has 0 N–H and O–H groups in total. The van der Waals surface area contributed by atoms with Crippen LogP contribution in [0.1, 0.15) is 16.6 Å². The molecule has 0 fully saturated rings. The van der Waals surface area contributed by atoms with Gasteiger partial charge >= 0.3 is 0 Å². The quantitative estimate of drug-likeness (QED) is 0.721. The molecular weight excluding hydrogens is 196 g/mol. The maximum atomic E-state index is 10.6. The van der Waals surface area contributed by atoms with Gasteiger partial charge in [-0.15, -0.1) is 11.3 Å². The molecule has 1 aromatic carbocycles. The van der Waals surface area contributed by atoms with E-state index in [2.05, 4.69) is 0 Å². The summed E-state index contributed by atoms with van der Waals surface area (Å²) < 4.78 is 6.49. The van der Waals surface area contributed by atoms with E-state index in [-0.39, 0.29) is 0 Å². The summed E-state index contributed by atoms with van der Waals surface area (Å²) in [4.78, 5) is 11.3. The molecule has 72 valence electrons. The fourth-order valence-corrected chi connectivity index (χ4v) is 2.22. The summed E-state index contributed by atoms with van der Waals surface area (Å²) in [7, 11) is 0. The van der Waals surface area contributed by atoms with Crippen LogP contribution in [0, 0.1) is 0 Å². The summed E-state index contributed by atoms with van der Waals surface area (Å²) >= 11 is 1.50. The van der Waals surface area contributed by atoms with Crippen LogP contribution in [0.4, 0.5) is 0 Å². The largest absolute Gasteiger partial charge is 0.494 e. The van der Waals surface area contributed by atoms with E-state index in [4.69, 9.17) is 4.74 Å². The molecule has 0 saturated carbocycles. The van der Waals surface area contributed by atoms with Gasteiger partial charge in [-0.1, -0.05) is 0 Å². The molecule has 1 aromatic heterocycles. The second-order valence-corrected chi connectivity index (χ2v) is 4.01. The number of hydrogen-bond acceptors (Lipinski definition) is 3. The third-order valence-corrected chi connectivity index (χ3v) is 2.98. The van der Waals surface area contributed by atoms with Gasteiger partial charge in [-0.25, -0.2) is 0 Å². The van der Waals surface area contributed by atoms with Crippen molar-refractivity contribution >= 4 is 27.7 Å². The molecule has 0 amide bonds. The lowest BCUT2D eigenvalue weighted by Crippen LogP contribution is -1.89. The van der Waals surface area contributed by atoms with Crippen molar-refractivity contribution in [3.8, 4) is 5.75 Å². The van der Waals surface area contributed by atoms with E-state index >= 15 is 0 Å². The van der Waals surface area contributed by atoms with Crippen molar-refractivity contribution in [1.82, 2.24) is 0 Å². The van der Waals surface area contributed by atoms with E-state index in [0.717, 1.165) is 27.0 Å². The molecule has 1 heterocycles. The zero-order valence-corrected chi connectivity index (χ0v) is 8.64. The van der Waals surface area contributed by atoms with Crippen molar-refractivity contribution < 1.29 is 9.53 Å². The minimum atomic E-state index is 0.663. The fraction of sp³-hybridized carbons (Fsp3) is 0.182. The highest BCUT2D eigenvalue weighted by Gasteiger charge is 2.01. The zero-order valence-electron chi connectivity index (χ0n) is 7.82. The first kappa shape index (κ1) is 9.21. The van der Waals surface area contributed by atoms with Crippen molar-refractivity contribution in [2.45, 2.75) is 6.92 Å². The maximum Gasteiger partial charge on any atom is 0.160 e. The van der Waals surface area contributed by atoms with Crippen molar-refractivity contribution in [2.24, 2.45) is 0 Å². The predicted octanol–water partition coefficient (Wildman–Crippen LogP) is 3.11. The van der Waals surface area contributed by atoms with Crippen molar-refractivity contribution in [2.75, 3.05) is 6.61 Å². The van der Waals surface area contributed by atoms with Crippen LogP contribution in [-0.4, -0.2) is 12.9 Å². The highest BCUT2D eigenvalue weighted by molar-refractivity contribution is 7.20. The van der Waals surface area contributed by atoms with Crippen LogP contribution in [0.25, 0.3) is 10.1 Å². The standard InChI is InChI=1S/C11H10O2S/c1-2-13-9-3-4-11-8(5-9)6-10(7-12)14-11/h3-7H,2H2,1H3. The lowest BCUT2D eigenvalue weighted by Gasteiger charge is -2.01. The molecular formula is C11H10O2S. The monoisotopic (exact) mass is 206 g/mol. The van der Waals surface area contributed by atoms with Gasteiger partial charge in [-0.05, 0) is 36.6 Å². The van der Waals surface area contributed by atoms with Gasteiger partial charge in [-0.3, -0.25) is 4.79 Å². The first-order valence-corrected chi connectivity index (χ1v) is 5.26. The Kier molecular flexibility index (Phi) is 2.50. The van der Waals surface area contributed by atoms with E-state index in [9.17, 15) is 4.79 Å². The van der Waals surface area contributed by atoms with Gasteiger partial charge in [0.25, 0.3) is 0 Å². The van der Waals surface area contributed by atoms with Crippen molar-refractivity contribution in [3.63, 3.8) is 0 Å². The second kappa shape index (κ2) is 3.80. The van der Waals surface area contributed by atoms with Crippen molar-refractivity contribution in [3.05, 3.63) is 29.1 Å². The van der Waals surface area contributed by atoms with Gasteiger partial charge in [0.15, 0.2) is 6.29 Å². The van der Waals surface area contributed by atoms with Crippen LogP contribution in [-0.2, 0) is 0 Å². The summed E-state index contributed by atoms with van der Waals surface area (Å²) in [6.45, 7) is 2.62. The van der Waals surface area contributed by atoms with Gasteiger partial charge < -0.3 is 4.74 Å². The third-order valence-electron chi connectivity index (χ3n) is 1.93. The number of ether oxygens (including phenoxy) is 1. The van der Waals surface area contributed by atoms with Crippen LogP contribution >= 0.6 is 11.3 Å². The molecule has 2 aromatic rings. The van der Waals surface area contributed by atoms with E-state index in [1.54, 1.807) is 0 Å². The van der Waals surface area contributed by atoms with E-state index in [1.165, 1.54) is 11.3 Å². The molecule has 0 saturated heterocycles. The SMILES string of the molecule is CCOc1ccc2sc(C=O)cc2c1. The van der Waals surface area contributed by atoms with Gasteiger partial charge in [0.1, 0.15) is 5.75 Å². The number of carbonyl (C=O) groups is 1. The van der Waals surface area contributed by atoms with Crippen LogP contribution in [0.3, 0.4) is 0 Å². The minimum Gasteiger partial charge on any atom is -0.494 e. The molecule has 0 aliphatic carbocycles. The number of thiophene rings is 1. The summed E-state index contributed by atoms with van der Waals surface area (Å²) in [6, 6.07) is 7.76. The molecule has 0 bridgehead atoms. The van der Waals surface area contributed by atoms with E-state index in [1.807, 2.05) is 31.2 Å². The molecule has 0 radical (unpaired) electrons. The van der Waals surface area contributed by atoms with Gasteiger partial charge in [-0.2, -0.15) is 0 Å². The Morgan fingerprint density at radius 1 is 1.43 bits per heavy atom. The molecule has 0 aliphatic heterocycles. The zero-order chi connectivity index (χ0) is 9.97. The highest BCUT2D eigenvalue weighted by Crippen LogP contribution is 2.27. The Hall–Kier alpha value is -1.35. The first-order valence-electron chi connectivity index (χ1n) is 4.45. The summed E-state index contributed by atoms with van der Waals surface area (Å²) in [5.41, 5.74) is 0. The fourth-order valence-electron chi connectivity index (χ4n) is 1.36. The van der Waals surface area contributed by atoms with Crippen LogP contribution in [0.15, 0.2) is 24.3 Å². The topological polar surface area (TPSA) is 26.3 Å². The number of rotatable bonds is 3.